The summed E-state index contributed by atoms with van der Waals surface area (Å²) in [6.45, 7) is 8.13. The Labute approximate surface area is 216 Å². The highest BCUT2D eigenvalue weighted by molar-refractivity contribution is 6.30. The molecule has 0 saturated carbocycles. The summed E-state index contributed by atoms with van der Waals surface area (Å²) in [5.74, 6) is -2.57. The number of aliphatic hydroxyl groups is 1. The number of halogens is 1. The molecule has 0 aromatic heterocycles. The Bertz CT molecular complexity index is 1010. The summed E-state index contributed by atoms with van der Waals surface area (Å²) in [4.78, 5) is 44.3. The molecule has 194 valence electrons. The number of rotatable bonds is 12. The Morgan fingerprint density at radius 1 is 1.25 bits per heavy atom. The first-order chi connectivity index (χ1) is 17.4. The van der Waals surface area contributed by atoms with Crippen molar-refractivity contribution in [1.82, 2.24) is 4.90 Å². The van der Waals surface area contributed by atoms with Crippen molar-refractivity contribution in [3.05, 3.63) is 54.6 Å². The summed E-state index contributed by atoms with van der Waals surface area (Å²) in [6.07, 6.45) is 5.42. The van der Waals surface area contributed by atoms with Crippen LogP contribution in [-0.4, -0.2) is 71.8 Å². The topological polar surface area (TPSA) is 96.4 Å². The minimum Gasteiger partial charge on any atom is -0.465 e. The third-order valence-corrected chi connectivity index (χ3v) is 7.65. The molecular formula is C27H33ClN2O6. The van der Waals surface area contributed by atoms with Crippen LogP contribution >= 0.6 is 11.6 Å². The molecule has 9 heteroatoms. The van der Waals surface area contributed by atoms with Crippen LogP contribution in [0.25, 0.3) is 0 Å². The maximum atomic E-state index is 14.2. The van der Waals surface area contributed by atoms with Gasteiger partial charge in [0.2, 0.25) is 5.91 Å². The molecule has 3 fully saturated rings. The molecule has 8 nitrogen and oxygen atoms in total. The van der Waals surface area contributed by atoms with Crippen LogP contribution in [0, 0.1) is 11.8 Å². The average Bonchev–Trinajstić information content (AvgIpc) is 3.51. The lowest BCUT2D eigenvalue weighted by Gasteiger charge is -2.36. The molecule has 3 aliphatic heterocycles. The molecule has 3 saturated heterocycles. The van der Waals surface area contributed by atoms with Crippen LogP contribution in [0.3, 0.4) is 0 Å². The number of fused-ring (bicyclic) bond motifs is 1. The number of unbranched alkanes of at least 4 members (excludes halogenated alkanes) is 1. The van der Waals surface area contributed by atoms with Crippen molar-refractivity contribution in [3.8, 4) is 0 Å². The van der Waals surface area contributed by atoms with Crippen LogP contribution in [-0.2, 0) is 23.9 Å². The van der Waals surface area contributed by atoms with Crippen molar-refractivity contribution in [2.45, 2.75) is 49.9 Å². The van der Waals surface area contributed by atoms with Gasteiger partial charge in [-0.25, -0.2) is 0 Å². The smallest absolute Gasteiger partial charge is 0.312 e. The monoisotopic (exact) mass is 516 g/mol. The van der Waals surface area contributed by atoms with E-state index in [9.17, 15) is 19.5 Å². The summed E-state index contributed by atoms with van der Waals surface area (Å²) >= 11 is 6.06. The van der Waals surface area contributed by atoms with Crippen LogP contribution in [0.4, 0.5) is 5.69 Å². The number of nitrogens with zero attached hydrogens (tertiary/aromatic N) is 2. The molecule has 1 spiro atoms. The molecule has 0 aliphatic carbocycles. The van der Waals surface area contributed by atoms with E-state index in [1.165, 1.54) is 0 Å². The molecule has 1 aromatic carbocycles. The van der Waals surface area contributed by atoms with Gasteiger partial charge in [0.25, 0.3) is 5.91 Å². The zero-order chi connectivity index (χ0) is 25.9. The van der Waals surface area contributed by atoms with Gasteiger partial charge in [-0.15, -0.1) is 13.2 Å². The van der Waals surface area contributed by atoms with E-state index in [0.717, 1.165) is 0 Å². The fraction of sp³-hybridized carbons (Fsp3) is 0.519. The standard InChI is InChI=1S/C27H33ClN2O6/c1-3-5-17-35-26(34)21-20-12-13-27(36-20)22(21)24(32)30(15-6-7-16-31)23(27)25(33)29(14-4-2)19-10-8-18(28)9-11-19/h3-4,8-11,20-23,31H,1-2,5-7,12-17H2/t20-,21+,22+,23?,27?/m1/s1. The molecular weight excluding hydrogens is 484 g/mol. The second-order valence-electron chi connectivity index (χ2n) is 9.48. The number of anilines is 1. The van der Waals surface area contributed by atoms with Crippen LogP contribution in [0.5, 0.6) is 0 Å². The van der Waals surface area contributed by atoms with E-state index < -0.39 is 35.6 Å². The highest BCUT2D eigenvalue weighted by Gasteiger charge is 2.75. The number of carbonyl (C=O) groups is 3. The molecule has 4 rings (SSSR count). The van der Waals surface area contributed by atoms with Gasteiger partial charge in [0, 0.05) is 30.4 Å². The lowest BCUT2D eigenvalue weighted by atomic mass is 9.70. The number of ether oxygens (including phenoxy) is 2. The van der Waals surface area contributed by atoms with Crippen LogP contribution in [0.1, 0.15) is 32.1 Å². The quantitative estimate of drug-likeness (QED) is 0.260. The number of carbonyl (C=O) groups excluding carboxylic acids is 3. The van der Waals surface area contributed by atoms with E-state index >= 15 is 0 Å². The summed E-state index contributed by atoms with van der Waals surface area (Å²) < 4.78 is 11.9. The molecule has 2 unspecified atom stereocenters. The molecule has 1 aromatic rings. The van der Waals surface area contributed by atoms with E-state index in [4.69, 9.17) is 21.1 Å². The Morgan fingerprint density at radius 3 is 2.67 bits per heavy atom. The number of amides is 2. The van der Waals surface area contributed by atoms with Crippen LogP contribution in [0.2, 0.25) is 5.02 Å². The fourth-order valence-corrected chi connectivity index (χ4v) is 6.02. The summed E-state index contributed by atoms with van der Waals surface area (Å²) in [5.41, 5.74) is -0.480. The van der Waals surface area contributed by atoms with Gasteiger partial charge in [-0.3, -0.25) is 14.4 Å². The SMILES string of the molecule is C=CCCOC(=O)[C@@H]1[C@H]2C(=O)N(CCCCO)C(C(=O)N(CC=C)c3ccc(Cl)cc3)C23CC[C@H]1O3. The van der Waals surface area contributed by atoms with E-state index in [1.54, 1.807) is 46.2 Å². The molecule has 2 amide bonds. The van der Waals surface area contributed by atoms with Crippen molar-refractivity contribution in [2.24, 2.45) is 11.8 Å². The highest BCUT2D eigenvalue weighted by Crippen LogP contribution is 2.59. The van der Waals surface area contributed by atoms with Crippen molar-refractivity contribution in [2.75, 3.05) is 31.2 Å². The third-order valence-electron chi connectivity index (χ3n) is 7.40. The summed E-state index contributed by atoms with van der Waals surface area (Å²) in [7, 11) is 0. The predicted octanol–water partition coefficient (Wildman–Crippen LogP) is 3.13. The maximum absolute atomic E-state index is 14.2. The summed E-state index contributed by atoms with van der Waals surface area (Å²) in [5, 5.41) is 9.84. The second-order valence-corrected chi connectivity index (χ2v) is 9.91. The van der Waals surface area contributed by atoms with Crippen molar-refractivity contribution in [1.29, 1.82) is 0 Å². The molecule has 1 N–H and O–H groups in total. The number of hydrogen-bond acceptors (Lipinski definition) is 6. The summed E-state index contributed by atoms with van der Waals surface area (Å²) in [6, 6.07) is 6.00. The molecule has 36 heavy (non-hydrogen) atoms. The maximum Gasteiger partial charge on any atom is 0.312 e. The average molecular weight is 517 g/mol. The van der Waals surface area contributed by atoms with Gasteiger partial charge in [0.1, 0.15) is 11.6 Å². The molecule has 3 heterocycles. The van der Waals surface area contributed by atoms with Gasteiger partial charge >= 0.3 is 5.97 Å². The van der Waals surface area contributed by atoms with Gasteiger partial charge in [0.05, 0.1) is 24.5 Å². The zero-order valence-electron chi connectivity index (χ0n) is 20.3. The van der Waals surface area contributed by atoms with E-state index in [-0.39, 0.29) is 38.1 Å². The highest BCUT2D eigenvalue weighted by atomic mass is 35.5. The Morgan fingerprint density at radius 2 is 2.00 bits per heavy atom. The predicted molar refractivity (Wildman–Crippen MR) is 135 cm³/mol. The minimum atomic E-state index is -1.11. The number of esters is 1. The van der Waals surface area contributed by atoms with Gasteiger partial charge in [-0.05, 0) is 56.4 Å². The van der Waals surface area contributed by atoms with Gasteiger partial charge in [0.15, 0.2) is 0 Å². The van der Waals surface area contributed by atoms with Crippen LogP contribution in [0.15, 0.2) is 49.6 Å². The van der Waals surface area contributed by atoms with Gasteiger partial charge in [-0.1, -0.05) is 23.8 Å². The lowest BCUT2D eigenvalue weighted by molar-refractivity contribution is -0.155. The zero-order valence-corrected chi connectivity index (χ0v) is 21.1. The lowest BCUT2D eigenvalue weighted by Crippen LogP contribution is -2.56. The first-order valence-corrected chi connectivity index (χ1v) is 12.8. The van der Waals surface area contributed by atoms with E-state index in [2.05, 4.69) is 13.2 Å². The molecule has 2 bridgehead atoms. The fourth-order valence-electron chi connectivity index (χ4n) is 5.89. The first kappa shape index (κ1) is 26.4. The Hall–Kier alpha value is -2.68. The molecule has 5 atom stereocenters. The normalized spacial score (nSPS) is 28.2. The second kappa shape index (κ2) is 11.2. The number of aliphatic hydroxyl groups excluding tert-OH is 1. The van der Waals surface area contributed by atoms with Crippen molar-refractivity contribution < 1.29 is 29.0 Å². The Kier molecular flexibility index (Phi) is 8.17. The largest absolute Gasteiger partial charge is 0.465 e. The molecule has 3 aliphatic rings. The number of hydrogen-bond donors (Lipinski definition) is 1. The van der Waals surface area contributed by atoms with Gasteiger partial charge < -0.3 is 24.4 Å². The van der Waals surface area contributed by atoms with E-state index in [1.807, 2.05) is 0 Å². The van der Waals surface area contributed by atoms with E-state index in [0.29, 0.717) is 42.8 Å². The van der Waals surface area contributed by atoms with Crippen LogP contribution < -0.4 is 4.90 Å². The van der Waals surface area contributed by atoms with Crippen molar-refractivity contribution >= 4 is 35.1 Å². The minimum absolute atomic E-state index is 0.0145. The van der Waals surface area contributed by atoms with Gasteiger partial charge in [-0.2, -0.15) is 0 Å². The number of benzene rings is 1. The Balaban J connectivity index is 1.70. The molecule has 0 radical (unpaired) electrons. The first-order valence-electron chi connectivity index (χ1n) is 12.4. The number of likely N-dealkylation sites (tertiary alicyclic amines) is 1. The third kappa shape index (κ3) is 4.58. The van der Waals surface area contributed by atoms with Crippen molar-refractivity contribution in [3.63, 3.8) is 0 Å².